The average molecular weight is 514 g/mol. The molecule has 0 radical (unpaired) electrons. The molecule has 1 saturated heterocycles. The number of nitrogens with one attached hydrogen (secondary N) is 1. The smallest absolute Gasteiger partial charge is 0.341 e. The summed E-state index contributed by atoms with van der Waals surface area (Å²) in [5.74, 6) is 1.13. The fourth-order valence-electron chi connectivity index (χ4n) is 4.41. The van der Waals surface area contributed by atoms with Gasteiger partial charge < -0.3 is 19.9 Å². The lowest BCUT2D eigenvalue weighted by molar-refractivity contribution is 0.0527. The summed E-state index contributed by atoms with van der Waals surface area (Å²) < 4.78 is 5.35. The van der Waals surface area contributed by atoms with E-state index in [0.29, 0.717) is 18.0 Å². The molecule has 0 bridgehead atoms. The summed E-state index contributed by atoms with van der Waals surface area (Å²) in [5, 5.41) is 4.20. The van der Waals surface area contributed by atoms with Crippen LogP contribution in [0.2, 0.25) is 0 Å². The van der Waals surface area contributed by atoms with Crippen LogP contribution in [0.3, 0.4) is 0 Å². The number of para-hydroxylation sites is 2. The van der Waals surface area contributed by atoms with Gasteiger partial charge in [0, 0.05) is 31.1 Å². The van der Waals surface area contributed by atoms with E-state index in [2.05, 4.69) is 51.7 Å². The van der Waals surface area contributed by atoms with Crippen LogP contribution in [0.4, 0.5) is 16.6 Å². The number of carbonyl (C=O) groups is 1. The SMILES string of the molecule is CCOC(=O)c1c(Nc2nc3ccccc3nc2N2CCN(/C=C/c3ccccc3)CC2)sc(C)c1C. The lowest BCUT2D eigenvalue weighted by Gasteiger charge is -2.35. The number of thiophene rings is 1. The lowest BCUT2D eigenvalue weighted by Crippen LogP contribution is -2.44. The Morgan fingerprint density at radius 3 is 2.38 bits per heavy atom. The van der Waals surface area contributed by atoms with Crippen molar-refractivity contribution in [2.75, 3.05) is 43.0 Å². The second-order valence-electron chi connectivity index (χ2n) is 8.97. The maximum Gasteiger partial charge on any atom is 0.341 e. The zero-order valence-corrected chi connectivity index (χ0v) is 22.2. The largest absolute Gasteiger partial charge is 0.462 e. The molecule has 0 spiro atoms. The molecule has 2 aromatic heterocycles. The van der Waals surface area contributed by atoms with Crippen molar-refractivity contribution in [3.05, 3.63) is 82.4 Å². The van der Waals surface area contributed by atoms with E-state index in [9.17, 15) is 4.79 Å². The zero-order valence-electron chi connectivity index (χ0n) is 21.4. The highest BCUT2D eigenvalue weighted by Crippen LogP contribution is 2.37. The second kappa shape index (κ2) is 11.0. The van der Waals surface area contributed by atoms with Gasteiger partial charge in [-0.15, -0.1) is 11.3 Å². The van der Waals surface area contributed by atoms with Crippen molar-refractivity contribution in [1.29, 1.82) is 0 Å². The van der Waals surface area contributed by atoms with Crippen molar-refractivity contribution in [3.8, 4) is 0 Å². The predicted molar refractivity (Wildman–Crippen MR) is 152 cm³/mol. The van der Waals surface area contributed by atoms with Crippen LogP contribution in [-0.2, 0) is 4.74 Å². The summed E-state index contributed by atoms with van der Waals surface area (Å²) in [6.07, 6.45) is 4.32. The van der Waals surface area contributed by atoms with Gasteiger partial charge in [0.1, 0.15) is 5.00 Å². The van der Waals surface area contributed by atoms with Crippen molar-refractivity contribution in [2.24, 2.45) is 0 Å². The van der Waals surface area contributed by atoms with Gasteiger partial charge in [-0.2, -0.15) is 0 Å². The molecule has 37 heavy (non-hydrogen) atoms. The Morgan fingerprint density at radius 1 is 1.00 bits per heavy atom. The van der Waals surface area contributed by atoms with Crippen LogP contribution in [-0.4, -0.2) is 53.6 Å². The third-order valence-corrected chi connectivity index (χ3v) is 7.66. The van der Waals surface area contributed by atoms with Gasteiger partial charge in [-0.05, 0) is 56.3 Å². The fraction of sp³-hybridized carbons (Fsp3) is 0.276. The number of carbonyl (C=O) groups excluding carboxylic acids is 1. The first-order chi connectivity index (χ1) is 18.0. The van der Waals surface area contributed by atoms with E-state index in [-0.39, 0.29) is 5.97 Å². The highest BCUT2D eigenvalue weighted by atomic mass is 32.1. The van der Waals surface area contributed by atoms with Crippen molar-refractivity contribution >= 4 is 51.1 Å². The van der Waals surface area contributed by atoms with E-state index in [1.165, 1.54) is 5.56 Å². The monoisotopic (exact) mass is 513 g/mol. The molecule has 1 aliphatic heterocycles. The number of hydrogen-bond acceptors (Lipinski definition) is 8. The Bertz CT molecular complexity index is 1430. The Morgan fingerprint density at radius 2 is 1.68 bits per heavy atom. The molecule has 2 aromatic carbocycles. The van der Waals surface area contributed by atoms with Crippen LogP contribution < -0.4 is 10.2 Å². The molecular weight excluding hydrogens is 482 g/mol. The molecule has 190 valence electrons. The number of piperazine rings is 1. The highest BCUT2D eigenvalue weighted by Gasteiger charge is 2.25. The predicted octanol–water partition coefficient (Wildman–Crippen LogP) is 6.02. The normalized spacial score (nSPS) is 13.9. The number of ether oxygens (including phenoxy) is 1. The third-order valence-electron chi connectivity index (χ3n) is 6.54. The number of benzene rings is 2. The first kappa shape index (κ1) is 24.8. The molecule has 0 saturated carbocycles. The van der Waals surface area contributed by atoms with Gasteiger partial charge in [-0.25, -0.2) is 14.8 Å². The van der Waals surface area contributed by atoms with E-state index < -0.39 is 0 Å². The van der Waals surface area contributed by atoms with Gasteiger partial charge >= 0.3 is 5.97 Å². The summed E-state index contributed by atoms with van der Waals surface area (Å²) in [6, 6.07) is 18.2. The minimum absolute atomic E-state index is 0.319. The number of esters is 1. The molecule has 1 N–H and O–H groups in total. The number of anilines is 3. The molecule has 3 heterocycles. The number of aromatic nitrogens is 2. The number of fused-ring (bicyclic) bond motifs is 1. The first-order valence-electron chi connectivity index (χ1n) is 12.6. The van der Waals surface area contributed by atoms with E-state index in [1.807, 2.05) is 51.1 Å². The van der Waals surface area contributed by atoms with Crippen LogP contribution in [0.25, 0.3) is 17.1 Å². The maximum absolute atomic E-state index is 12.8. The Kier molecular flexibility index (Phi) is 7.37. The zero-order chi connectivity index (χ0) is 25.8. The minimum Gasteiger partial charge on any atom is -0.462 e. The second-order valence-corrected chi connectivity index (χ2v) is 10.2. The molecule has 8 heteroatoms. The molecule has 1 aliphatic rings. The molecule has 0 aliphatic carbocycles. The van der Waals surface area contributed by atoms with Gasteiger partial charge in [0.25, 0.3) is 0 Å². The number of hydrogen-bond donors (Lipinski definition) is 1. The first-order valence-corrected chi connectivity index (χ1v) is 13.4. The van der Waals surface area contributed by atoms with Crippen LogP contribution in [0.5, 0.6) is 0 Å². The fourth-order valence-corrected chi connectivity index (χ4v) is 5.45. The van der Waals surface area contributed by atoms with Gasteiger partial charge in [-0.3, -0.25) is 0 Å². The number of rotatable bonds is 7. The molecule has 5 rings (SSSR count). The average Bonchev–Trinajstić information content (AvgIpc) is 3.20. The number of aryl methyl sites for hydroxylation is 1. The number of nitrogens with zero attached hydrogens (tertiary/aromatic N) is 4. The van der Waals surface area contributed by atoms with Crippen LogP contribution >= 0.6 is 11.3 Å². The van der Waals surface area contributed by atoms with E-state index in [0.717, 1.165) is 58.5 Å². The van der Waals surface area contributed by atoms with Gasteiger partial charge in [0.15, 0.2) is 11.6 Å². The Balaban J connectivity index is 1.42. The Hall–Kier alpha value is -3.91. The molecule has 7 nitrogen and oxygen atoms in total. The van der Waals surface area contributed by atoms with Crippen LogP contribution in [0.15, 0.2) is 60.8 Å². The third kappa shape index (κ3) is 5.44. The topological polar surface area (TPSA) is 70.6 Å². The van der Waals surface area contributed by atoms with Crippen molar-refractivity contribution in [2.45, 2.75) is 20.8 Å². The summed E-state index contributed by atoms with van der Waals surface area (Å²) in [5.41, 5.74) is 4.34. The molecule has 0 amide bonds. The van der Waals surface area contributed by atoms with Gasteiger partial charge in [0.05, 0.1) is 23.2 Å². The standard InChI is InChI=1S/C29H31N5O2S/c1-4-36-29(35)25-20(2)21(3)37-28(25)32-26-27(31-24-13-9-8-12-23(24)30-26)34-18-16-33(17-19-34)15-14-22-10-6-5-7-11-22/h5-15H,4,16-19H2,1-3H3,(H,30,32)/b15-14+. The summed E-state index contributed by atoms with van der Waals surface area (Å²) in [4.78, 5) is 28.4. The van der Waals surface area contributed by atoms with E-state index >= 15 is 0 Å². The summed E-state index contributed by atoms with van der Waals surface area (Å²) in [7, 11) is 0. The van der Waals surface area contributed by atoms with E-state index in [4.69, 9.17) is 14.7 Å². The molecular formula is C29H31N5O2S. The van der Waals surface area contributed by atoms with Crippen molar-refractivity contribution in [3.63, 3.8) is 0 Å². The van der Waals surface area contributed by atoms with E-state index in [1.54, 1.807) is 11.3 Å². The van der Waals surface area contributed by atoms with Crippen LogP contribution in [0.1, 0.15) is 33.3 Å². The van der Waals surface area contributed by atoms with Crippen molar-refractivity contribution < 1.29 is 9.53 Å². The van der Waals surface area contributed by atoms with Gasteiger partial charge in [0.2, 0.25) is 0 Å². The molecule has 1 fully saturated rings. The van der Waals surface area contributed by atoms with Crippen molar-refractivity contribution in [1.82, 2.24) is 14.9 Å². The summed E-state index contributed by atoms with van der Waals surface area (Å²) in [6.45, 7) is 9.51. The molecule has 0 atom stereocenters. The molecule has 4 aromatic rings. The summed E-state index contributed by atoms with van der Waals surface area (Å²) >= 11 is 1.54. The minimum atomic E-state index is -0.319. The quantitative estimate of drug-likeness (QED) is 0.303. The van der Waals surface area contributed by atoms with Crippen LogP contribution in [0, 0.1) is 13.8 Å². The maximum atomic E-state index is 12.8. The lowest BCUT2D eigenvalue weighted by atomic mass is 10.1. The molecule has 0 unspecified atom stereocenters. The Labute approximate surface area is 221 Å². The highest BCUT2D eigenvalue weighted by molar-refractivity contribution is 7.16. The van der Waals surface area contributed by atoms with Gasteiger partial charge in [-0.1, -0.05) is 42.5 Å².